The van der Waals surface area contributed by atoms with E-state index in [1.165, 1.54) is 0 Å². The lowest BCUT2D eigenvalue weighted by Gasteiger charge is -2.22. The average Bonchev–Trinajstić information content (AvgIpc) is 2.19. The van der Waals surface area contributed by atoms with E-state index >= 15 is 0 Å². The SMILES string of the molecule is FCCOCCOC1CCCCO1. The first-order valence-electron chi connectivity index (χ1n) is 4.80. The number of hydrogen-bond acceptors (Lipinski definition) is 3. The van der Waals surface area contributed by atoms with Gasteiger partial charge in [0.1, 0.15) is 6.67 Å². The minimum atomic E-state index is -0.431. The minimum Gasteiger partial charge on any atom is -0.376 e. The standard InChI is InChI=1S/C9H17FO3/c10-4-6-11-7-8-13-9-3-1-2-5-12-9/h9H,1-8H2. The lowest BCUT2D eigenvalue weighted by atomic mass is 10.2. The smallest absolute Gasteiger partial charge is 0.157 e. The highest BCUT2D eigenvalue weighted by Gasteiger charge is 2.13. The Bertz CT molecular complexity index is 115. The number of halogens is 1. The van der Waals surface area contributed by atoms with Crippen LogP contribution in [-0.2, 0) is 14.2 Å². The zero-order chi connectivity index (χ0) is 9.36. The fourth-order valence-corrected chi connectivity index (χ4v) is 1.24. The van der Waals surface area contributed by atoms with Gasteiger partial charge in [0, 0.05) is 6.61 Å². The molecular weight excluding hydrogens is 175 g/mol. The van der Waals surface area contributed by atoms with Gasteiger partial charge < -0.3 is 14.2 Å². The Morgan fingerprint density at radius 2 is 2.15 bits per heavy atom. The molecule has 1 unspecified atom stereocenters. The molecule has 0 aromatic heterocycles. The molecule has 1 aliphatic rings. The summed E-state index contributed by atoms with van der Waals surface area (Å²) in [6, 6.07) is 0. The van der Waals surface area contributed by atoms with E-state index in [9.17, 15) is 4.39 Å². The molecule has 78 valence electrons. The molecule has 0 radical (unpaired) electrons. The van der Waals surface area contributed by atoms with Crippen LogP contribution in [0.15, 0.2) is 0 Å². The number of ether oxygens (including phenoxy) is 3. The molecule has 1 rings (SSSR count). The predicted molar refractivity (Wildman–Crippen MR) is 46.3 cm³/mol. The summed E-state index contributed by atoms with van der Waals surface area (Å²) >= 11 is 0. The molecule has 0 aromatic rings. The minimum absolute atomic E-state index is 0.0669. The molecule has 0 N–H and O–H groups in total. The van der Waals surface area contributed by atoms with Crippen molar-refractivity contribution in [3.63, 3.8) is 0 Å². The van der Waals surface area contributed by atoms with Gasteiger partial charge in [-0.25, -0.2) is 4.39 Å². The summed E-state index contributed by atoms with van der Waals surface area (Å²) in [4.78, 5) is 0. The van der Waals surface area contributed by atoms with Crippen molar-refractivity contribution in [2.75, 3.05) is 33.1 Å². The Balaban J connectivity index is 1.86. The zero-order valence-corrected chi connectivity index (χ0v) is 7.84. The maximum absolute atomic E-state index is 11.6. The summed E-state index contributed by atoms with van der Waals surface area (Å²) < 4.78 is 27.2. The van der Waals surface area contributed by atoms with Gasteiger partial charge >= 0.3 is 0 Å². The highest BCUT2D eigenvalue weighted by Crippen LogP contribution is 2.13. The molecule has 0 amide bonds. The molecule has 1 heterocycles. The van der Waals surface area contributed by atoms with E-state index in [1.807, 2.05) is 0 Å². The lowest BCUT2D eigenvalue weighted by Crippen LogP contribution is -2.24. The fourth-order valence-electron chi connectivity index (χ4n) is 1.24. The van der Waals surface area contributed by atoms with Crippen molar-refractivity contribution in [3.8, 4) is 0 Å². The Morgan fingerprint density at radius 3 is 2.85 bits per heavy atom. The van der Waals surface area contributed by atoms with Gasteiger partial charge in [-0.3, -0.25) is 0 Å². The van der Waals surface area contributed by atoms with Crippen molar-refractivity contribution < 1.29 is 18.6 Å². The summed E-state index contributed by atoms with van der Waals surface area (Å²) in [5, 5.41) is 0. The fraction of sp³-hybridized carbons (Fsp3) is 1.00. The molecule has 0 bridgehead atoms. The third-order valence-corrected chi connectivity index (χ3v) is 1.89. The summed E-state index contributed by atoms with van der Waals surface area (Å²) in [5.74, 6) is 0. The predicted octanol–water partition coefficient (Wildman–Crippen LogP) is 1.52. The molecule has 0 aliphatic carbocycles. The van der Waals surface area contributed by atoms with E-state index in [2.05, 4.69) is 0 Å². The number of alkyl halides is 1. The molecule has 13 heavy (non-hydrogen) atoms. The van der Waals surface area contributed by atoms with E-state index in [4.69, 9.17) is 14.2 Å². The Hall–Kier alpha value is -0.190. The molecule has 1 aliphatic heterocycles. The number of hydrogen-bond donors (Lipinski definition) is 0. The normalized spacial score (nSPS) is 23.3. The van der Waals surface area contributed by atoms with Gasteiger partial charge in [-0.2, -0.15) is 0 Å². The van der Waals surface area contributed by atoms with Crippen molar-refractivity contribution in [2.45, 2.75) is 25.6 Å². The Labute approximate surface area is 78.2 Å². The maximum Gasteiger partial charge on any atom is 0.157 e. The van der Waals surface area contributed by atoms with E-state index in [1.54, 1.807) is 0 Å². The van der Waals surface area contributed by atoms with Crippen molar-refractivity contribution >= 4 is 0 Å². The first-order chi connectivity index (χ1) is 6.43. The highest BCUT2D eigenvalue weighted by molar-refractivity contribution is 4.53. The van der Waals surface area contributed by atoms with Crippen molar-refractivity contribution in [2.24, 2.45) is 0 Å². The van der Waals surface area contributed by atoms with Gasteiger partial charge in [-0.05, 0) is 19.3 Å². The molecule has 3 nitrogen and oxygen atoms in total. The number of rotatable bonds is 6. The average molecular weight is 192 g/mol. The van der Waals surface area contributed by atoms with Crippen molar-refractivity contribution in [1.29, 1.82) is 0 Å². The third kappa shape index (κ3) is 5.18. The first-order valence-corrected chi connectivity index (χ1v) is 4.80. The van der Waals surface area contributed by atoms with Gasteiger partial charge in [0.15, 0.2) is 6.29 Å². The lowest BCUT2D eigenvalue weighted by molar-refractivity contribution is -0.169. The topological polar surface area (TPSA) is 27.7 Å². The Morgan fingerprint density at radius 1 is 1.23 bits per heavy atom. The molecule has 0 aromatic carbocycles. The molecule has 1 saturated heterocycles. The van der Waals surface area contributed by atoms with Crippen molar-refractivity contribution in [3.05, 3.63) is 0 Å². The maximum atomic E-state index is 11.6. The monoisotopic (exact) mass is 192 g/mol. The van der Waals surface area contributed by atoms with Crippen LogP contribution in [0.5, 0.6) is 0 Å². The van der Waals surface area contributed by atoms with Crippen LogP contribution in [0.2, 0.25) is 0 Å². The van der Waals surface area contributed by atoms with Gasteiger partial charge in [0.05, 0.1) is 19.8 Å². The van der Waals surface area contributed by atoms with Crippen LogP contribution in [-0.4, -0.2) is 39.4 Å². The summed E-state index contributed by atoms with van der Waals surface area (Å²) in [7, 11) is 0. The molecule has 0 spiro atoms. The van der Waals surface area contributed by atoms with Crippen molar-refractivity contribution in [1.82, 2.24) is 0 Å². The van der Waals surface area contributed by atoms with Gasteiger partial charge in [0.25, 0.3) is 0 Å². The van der Waals surface area contributed by atoms with Crippen LogP contribution < -0.4 is 0 Å². The van der Waals surface area contributed by atoms with Crippen LogP contribution in [0, 0.1) is 0 Å². The van der Waals surface area contributed by atoms with Gasteiger partial charge in [-0.1, -0.05) is 0 Å². The molecule has 1 fully saturated rings. The Kier molecular flexibility index (Phi) is 6.06. The van der Waals surface area contributed by atoms with Crippen LogP contribution in [0.1, 0.15) is 19.3 Å². The molecule has 1 atom stereocenters. The largest absolute Gasteiger partial charge is 0.376 e. The summed E-state index contributed by atoms with van der Waals surface area (Å²) in [6.45, 7) is 1.46. The van der Waals surface area contributed by atoms with Crippen LogP contribution in [0.25, 0.3) is 0 Å². The molecule has 4 heteroatoms. The second-order valence-electron chi connectivity index (χ2n) is 2.97. The summed E-state index contributed by atoms with van der Waals surface area (Å²) in [6.07, 6.45) is 3.18. The van der Waals surface area contributed by atoms with E-state index in [-0.39, 0.29) is 12.9 Å². The van der Waals surface area contributed by atoms with Crippen LogP contribution in [0.4, 0.5) is 4.39 Å². The van der Waals surface area contributed by atoms with Crippen LogP contribution >= 0.6 is 0 Å². The highest BCUT2D eigenvalue weighted by atomic mass is 19.1. The van der Waals surface area contributed by atoms with E-state index in [0.717, 1.165) is 25.9 Å². The van der Waals surface area contributed by atoms with E-state index < -0.39 is 6.67 Å². The quantitative estimate of drug-likeness (QED) is 0.597. The van der Waals surface area contributed by atoms with Gasteiger partial charge in [-0.15, -0.1) is 0 Å². The van der Waals surface area contributed by atoms with E-state index in [0.29, 0.717) is 13.2 Å². The molecular formula is C9H17FO3. The zero-order valence-electron chi connectivity index (χ0n) is 7.84. The van der Waals surface area contributed by atoms with Crippen LogP contribution in [0.3, 0.4) is 0 Å². The second-order valence-corrected chi connectivity index (χ2v) is 2.97. The first kappa shape index (κ1) is 10.9. The van der Waals surface area contributed by atoms with Gasteiger partial charge in [0.2, 0.25) is 0 Å². The molecule has 0 saturated carbocycles. The second kappa shape index (κ2) is 7.24. The third-order valence-electron chi connectivity index (χ3n) is 1.89. The summed E-state index contributed by atoms with van der Waals surface area (Å²) in [5.41, 5.74) is 0.